The van der Waals surface area contributed by atoms with Gasteiger partial charge in [0.1, 0.15) is 34.2 Å². The fourth-order valence-corrected chi connectivity index (χ4v) is 4.12. The molecule has 0 bridgehead atoms. The Hall–Kier alpha value is -3.04. The molecule has 0 heterocycles. The Kier molecular flexibility index (Phi) is 18.1. The van der Waals surface area contributed by atoms with Crippen LogP contribution in [0.4, 0.5) is 0 Å². The van der Waals surface area contributed by atoms with Crippen LogP contribution in [0.15, 0.2) is 0 Å². The van der Waals surface area contributed by atoms with E-state index in [-0.39, 0.29) is 47.8 Å². The number of hydrogen-bond donors (Lipinski definition) is 0. The van der Waals surface area contributed by atoms with Crippen molar-refractivity contribution < 1.29 is 47.8 Å². The molecule has 2 unspecified atom stereocenters. The van der Waals surface area contributed by atoms with Crippen molar-refractivity contribution in [3.63, 3.8) is 0 Å². The van der Waals surface area contributed by atoms with Crippen LogP contribution in [0.25, 0.3) is 0 Å². The molecule has 240 valence electrons. The smallest absolute Gasteiger partial charge is 0.326 e. The van der Waals surface area contributed by atoms with Gasteiger partial charge in [-0.1, -0.05) is 55.4 Å². The molecule has 0 N–H and O–H groups in total. The van der Waals surface area contributed by atoms with E-state index >= 15 is 0 Å². The van der Waals surface area contributed by atoms with Gasteiger partial charge in [0.05, 0.1) is 0 Å². The Morgan fingerprint density at radius 2 is 0.810 bits per heavy atom. The van der Waals surface area contributed by atoms with Crippen LogP contribution in [-0.4, -0.2) is 47.0 Å². The Bertz CT molecular complexity index is 923. The first-order valence-electron chi connectivity index (χ1n) is 14.8. The maximum atomic E-state index is 12.1. The highest BCUT2D eigenvalue weighted by Gasteiger charge is 2.45. The summed E-state index contributed by atoms with van der Waals surface area (Å²) in [4.78, 5) is 95.6. The standard InChI is InChI=1S/2C16H26O5/c1-9(2)11(17)15(5,6)13(19)21-14(20)16(7,8)12(18)10(3)4;1-5-9-13(17)11(7-3)15(19)21-16(20)12(8-4)14(18)10-6-2/h9-10H,1-8H3;11-12H,5-10H2,1-4H3. The zero-order valence-electron chi connectivity index (χ0n) is 27.6. The zero-order valence-corrected chi connectivity index (χ0v) is 27.6. The van der Waals surface area contributed by atoms with Crippen LogP contribution in [0.3, 0.4) is 0 Å². The molecule has 42 heavy (non-hydrogen) atoms. The Morgan fingerprint density at radius 1 is 0.524 bits per heavy atom. The molecular weight excluding hydrogens is 544 g/mol. The highest BCUT2D eigenvalue weighted by atomic mass is 16.6. The lowest BCUT2D eigenvalue weighted by Crippen LogP contribution is -2.43. The fraction of sp³-hybridized carbons (Fsp3) is 0.750. The molecule has 0 saturated heterocycles. The number of ketones is 4. The third kappa shape index (κ3) is 12.1. The summed E-state index contributed by atoms with van der Waals surface area (Å²) < 4.78 is 9.57. The molecule has 2 atom stereocenters. The predicted molar refractivity (Wildman–Crippen MR) is 157 cm³/mol. The summed E-state index contributed by atoms with van der Waals surface area (Å²) in [6, 6.07) is 0. The number of carbonyl (C=O) groups is 8. The fourth-order valence-electron chi connectivity index (χ4n) is 4.12. The first-order valence-corrected chi connectivity index (χ1v) is 14.8. The van der Waals surface area contributed by atoms with Crippen molar-refractivity contribution in [2.24, 2.45) is 34.5 Å². The van der Waals surface area contributed by atoms with Crippen LogP contribution in [0.2, 0.25) is 0 Å². The van der Waals surface area contributed by atoms with E-state index in [1.165, 1.54) is 27.7 Å². The Labute approximate surface area is 251 Å². The molecule has 0 saturated carbocycles. The number of rotatable bonds is 16. The predicted octanol–water partition coefficient (Wildman–Crippen LogP) is 5.41. The van der Waals surface area contributed by atoms with E-state index in [1.54, 1.807) is 41.5 Å². The average Bonchev–Trinajstić information content (AvgIpc) is 2.88. The molecule has 10 heteroatoms. The molecule has 10 nitrogen and oxygen atoms in total. The molecule has 0 aliphatic rings. The Balaban J connectivity index is 0. The van der Waals surface area contributed by atoms with E-state index in [0.29, 0.717) is 25.7 Å². The molecular formula is C32H52O10. The van der Waals surface area contributed by atoms with Crippen molar-refractivity contribution in [3.05, 3.63) is 0 Å². The summed E-state index contributed by atoms with van der Waals surface area (Å²) >= 11 is 0. The van der Waals surface area contributed by atoms with Crippen LogP contribution in [0.1, 0.15) is 122 Å². The van der Waals surface area contributed by atoms with Crippen LogP contribution in [-0.2, 0) is 47.8 Å². The van der Waals surface area contributed by atoms with Crippen molar-refractivity contribution in [1.29, 1.82) is 0 Å². The van der Waals surface area contributed by atoms with Gasteiger partial charge < -0.3 is 9.47 Å². The van der Waals surface area contributed by atoms with E-state index in [1.807, 2.05) is 13.8 Å². The maximum Gasteiger partial charge on any atom is 0.326 e. The van der Waals surface area contributed by atoms with E-state index in [2.05, 4.69) is 0 Å². The van der Waals surface area contributed by atoms with Crippen molar-refractivity contribution in [1.82, 2.24) is 0 Å². The lowest BCUT2D eigenvalue weighted by molar-refractivity contribution is -0.175. The molecule has 0 rings (SSSR count). The monoisotopic (exact) mass is 596 g/mol. The van der Waals surface area contributed by atoms with Gasteiger partial charge in [-0.15, -0.1) is 0 Å². The van der Waals surface area contributed by atoms with Crippen molar-refractivity contribution in [2.75, 3.05) is 0 Å². The number of carbonyl (C=O) groups excluding carboxylic acids is 8. The van der Waals surface area contributed by atoms with Gasteiger partial charge in [0.15, 0.2) is 11.6 Å². The number of Topliss-reactive ketones (excluding diaryl/α,β-unsaturated/α-hetero) is 4. The minimum atomic E-state index is -1.42. The number of hydrogen-bond acceptors (Lipinski definition) is 10. The second-order valence-electron chi connectivity index (χ2n) is 12.1. The summed E-state index contributed by atoms with van der Waals surface area (Å²) in [5.41, 5.74) is -2.83. The van der Waals surface area contributed by atoms with Gasteiger partial charge in [0.25, 0.3) is 0 Å². The summed E-state index contributed by atoms with van der Waals surface area (Å²) in [5, 5.41) is 0. The molecule has 0 spiro atoms. The molecule has 0 aliphatic heterocycles. The minimum Gasteiger partial charge on any atom is -0.392 e. The summed E-state index contributed by atoms with van der Waals surface area (Å²) in [7, 11) is 0. The highest BCUT2D eigenvalue weighted by molar-refractivity contribution is 6.11. The average molecular weight is 597 g/mol. The van der Waals surface area contributed by atoms with Crippen LogP contribution in [0.5, 0.6) is 0 Å². The van der Waals surface area contributed by atoms with Crippen LogP contribution < -0.4 is 0 Å². The number of esters is 4. The lowest BCUT2D eigenvalue weighted by atomic mass is 9.81. The van der Waals surface area contributed by atoms with Crippen molar-refractivity contribution >= 4 is 47.0 Å². The van der Waals surface area contributed by atoms with Gasteiger partial charge >= 0.3 is 23.9 Å². The van der Waals surface area contributed by atoms with E-state index in [9.17, 15) is 38.4 Å². The molecule has 0 aromatic heterocycles. The van der Waals surface area contributed by atoms with Gasteiger partial charge in [-0.3, -0.25) is 38.4 Å². The zero-order chi connectivity index (χ0) is 33.6. The van der Waals surface area contributed by atoms with E-state index in [4.69, 9.17) is 9.47 Å². The summed E-state index contributed by atoms with van der Waals surface area (Å²) in [6.45, 7) is 19.4. The van der Waals surface area contributed by atoms with Gasteiger partial charge in [0.2, 0.25) is 0 Å². The number of ether oxygens (including phenoxy) is 2. The normalized spacial score (nSPS) is 12.9. The van der Waals surface area contributed by atoms with Crippen molar-refractivity contribution in [2.45, 2.75) is 122 Å². The largest absolute Gasteiger partial charge is 0.392 e. The van der Waals surface area contributed by atoms with E-state index < -0.39 is 46.5 Å². The second kappa shape index (κ2) is 18.5. The van der Waals surface area contributed by atoms with Crippen LogP contribution in [0, 0.1) is 34.5 Å². The molecule has 0 aromatic rings. The third-order valence-corrected chi connectivity index (χ3v) is 6.84. The van der Waals surface area contributed by atoms with Crippen molar-refractivity contribution in [3.8, 4) is 0 Å². The van der Waals surface area contributed by atoms with Gasteiger partial charge in [-0.05, 0) is 53.4 Å². The summed E-state index contributed by atoms with van der Waals surface area (Å²) in [5.74, 6) is -7.08. The van der Waals surface area contributed by atoms with Gasteiger partial charge in [0, 0.05) is 24.7 Å². The quantitative estimate of drug-likeness (QED) is 0.167. The second-order valence-corrected chi connectivity index (χ2v) is 12.1. The van der Waals surface area contributed by atoms with Gasteiger partial charge in [-0.2, -0.15) is 0 Å². The Morgan fingerprint density at radius 3 is 1.02 bits per heavy atom. The minimum absolute atomic E-state index is 0.217. The molecule has 0 aliphatic carbocycles. The SMILES string of the molecule is CC(C)C(=O)C(C)(C)C(=O)OC(=O)C(C)(C)C(=O)C(C)C.CCCC(=O)C(CC)C(=O)OC(=O)C(CC)C(=O)CCC. The first-order chi connectivity index (χ1) is 19.2. The molecule has 0 amide bonds. The maximum absolute atomic E-state index is 12.1. The topological polar surface area (TPSA) is 155 Å². The van der Waals surface area contributed by atoms with E-state index in [0.717, 1.165) is 0 Å². The first kappa shape index (κ1) is 41.1. The third-order valence-electron chi connectivity index (χ3n) is 6.84. The molecule has 0 aromatic carbocycles. The highest BCUT2D eigenvalue weighted by Crippen LogP contribution is 2.28. The summed E-state index contributed by atoms with van der Waals surface area (Å²) in [6.07, 6.45) is 2.45. The molecule has 0 fully saturated rings. The van der Waals surface area contributed by atoms with Crippen LogP contribution >= 0.6 is 0 Å². The van der Waals surface area contributed by atoms with Gasteiger partial charge in [-0.25, -0.2) is 0 Å². The molecule has 0 radical (unpaired) electrons. The lowest BCUT2D eigenvalue weighted by Gasteiger charge is -2.26.